The van der Waals surface area contributed by atoms with Gasteiger partial charge in [-0.2, -0.15) is 0 Å². The molecule has 0 aliphatic rings. The van der Waals surface area contributed by atoms with Crippen LogP contribution in [-0.4, -0.2) is 30.0 Å². The number of rotatable bonds is 6. The predicted molar refractivity (Wildman–Crippen MR) is 72.4 cm³/mol. The van der Waals surface area contributed by atoms with Crippen molar-refractivity contribution in [2.75, 3.05) is 11.9 Å². The second kappa shape index (κ2) is 7.10. The van der Waals surface area contributed by atoms with Crippen molar-refractivity contribution < 1.29 is 18.3 Å². The minimum atomic E-state index is -2.60. The summed E-state index contributed by atoms with van der Waals surface area (Å²) in [7, 11) is 0. The quantitative estimate of drug-likeness (QED) is 0.785. The van der Waals surface area contributed by atoms with Crippen LogP contribution in [0.5, 0.6) is 0 Å². The van der Waals surface area contributed by atoms with Crippen LogP contribution in [0.1, 0.15) is 12.5 Å². The number of thiocarbonyl (C=S) groups is 1. The highest BCUT2D eigenvalue weighted by atomic mass is 32.1. The molecule has 0 radical (unpaired) electrons. The molecule has 0 saturated heterocycles. The second-order valence-corrected chi connectivity index (χ2v) is 4.24. The summed E-state index contributed by atoms with van der Waals surface area (Å²) >= 11 is 4.81. The maximum atomic E-state index is 11.9. The fourth-order valence-corrected chi connectivity index (χ4v) is 1.41. The first-order valence-corrected chi connectivity index (χ1v) is 5.91. The lowest BCUT2D eigenvalue weighted by Crippen LogP contribution is -2.29. The highest BCUT2D eigenvalue weighted by Crippen LogP contribution is 2.11. The fraction of sp³-hybridized carbons (Fsp3) is 0.333. The Kier molecular flexibility index (Phi) is 5.78. The van der Waals surface area contributed by atoms with E-state index in [1.807, 2.05) is 0 Å². The standard InChI is InChI=1S/C12H14F2N2O2S/c1-7(18-6-10(13)14)12(17)16-9-4-2-3-8(5-9)11(15)19/h2-5,7,10H,6H2,1H3,(H2,15,19)(H,16,17). The Balaban J connectivity index is 2.61. The number of nitrogens with two attached hydrogens (primary N) is 1. The van der Waals surface area contributed by atoms with Gasteiger partial charge in [0, 0.05) is 11.3 Å². The van der Waals surface area contributed by atoms with E-state index in [1.165, 1.54) is 6.92 Å². The Morgan fingerprint density at radius 2 is 2.21 bits per heavy atom. The molecule has 1 atom stereocenters. The minimum absolute atomic E-state index is 0.207. The van der Waals surface area contributed by atoms with E-state index in [1.54, 1.807) is 24.3 Å². The van der Waals surface area contributed by atoms with Gasteiger partial charge in [0.2, 0.25) is 0 Å². The van der Waals surface area contributed by atoms with E-state index in [2.05, 4.69) is 5.32 Å². The van der Waals surface area contributed by atoms with Crippen molar-refractivity contribution in [3.05, 3.63) is 29.8 Å². The molecule has 0 saturated carbocycles. The normalized spacial score (nSPS) is 12.2. The van der Waals surface area contributed by atoms with E-state index in [-0.39, 0.29) is 4.99 Å². The Morgan fingerprint density at radius 1 is 1.53 bits per heavy atom. The summed E-state index contributed by atoms with van der Waals surface area (Å²) in [6, 6.07) is 6.61. The molecular formula is C12H14F2N2O2S. The summed E-state index contributed by atoms with van der Waals surface area (Å²) in [5.74, 6) is -0.513. The molecule has 19 heavy (non-hydrogen) atoms. The monoisotopic (exact) mass is 288 g/mol. The van der Waals surface area contributed by atoms with Gasteiger partial charge in [0.25, 0.3) is 12.3 Å². The molecular weight excluding hydrogens is 274 g/mol. The van der Waals surface area contributed by atoms with Gasteiger partial charge in [0.1, 0.15) is 17.7 Å². The summed E-state index contributed by atoms with van der Waals surface area (Å²) in [6.07, 6.45) is -3.57. The van der Waals surface area contributed by atoms with Gasteiger partial charge in [0.05, 0.1) is 0 Å². The zero-order chi connectivity index (χ0) is 14.4. The Bertz CT molecular complexity index is 469. The maximum absolute atomic E-state index is 11.9. The van der Waals surface area contributed by atoms with Gasteiger partial charge in [-0.05, 0) is 19.1 Å². The van der Waals surface area contributed by atoms with Gasteiger partial charge >= 0.3 is 0 Å². The molecule has 1 unspecified atom stereocenters. The van der Waals surface area contributed by atoms with Crippen LogP contribution in [0.3, 0.4) is 0 Å². The summed E-state index contributed by atoms with van der Waals surface area (Å²) in [5, 5.41) is 2.54. The largest absolute Gasteiger partial charge is 0.389 e. The molecule has 1 aromatic rings. The van der Waals surface area contributed by atoms with Crippen LogP contribution in [0.25, 0.3) is 0 Å². The first-order chi connectivity index (χ1) is 8.90. The third kappa shape index (κ3) is 5.27. The summed E-state index contributed by atoms with van der Waals surface area (Å²) in [4.78, 5) is 11.9. The van der Waals surface area contributed by atoms with Crippen molar-refractivity contribution in [2.45, 2.75) is 19.5 Å². The molecule has 0 heterocycles. The van der Waals surface area contributed by atoms with Crippen molar-refractivity contribution in [2.24, 2.45) is 5.73 Å². The van der Waals surface area contributed by atoms with Crippen LogP contribution in [0.4, 0.5) is 14.5 Å². The van der Waals surface area contributed by atoms with Crippen LogP contribution >= 0.6 is 12.2 Å². The second-order valence-electron chi connectivity index (χ2n) is 3.80. The van der Waals surface area contributed by atoms with Gasteiger partial charge in [-0.15, -0.1) is 0 Å². The highest BCUT2D eigenvalue weighted by molar-refractivity contribution is 7.80. The van der Waals surface area contributed by atoms with E-state index in [4.69, 9.17) is 22.7 Å². The van der Waals surface area contributed by atoms with Crippen LogP contribution in [0.2, 0.25) is 0 Å². The molecule has 0 bridgehead atoms. The number of amides is 1. The van der Waals surface area contributed by atoms with Gasteiger partial charge in [-0.25, -0.2) is 8.78 Å². The van der Waals surface area contributed by atoms with Gasteiger partial charge in [0.15, 0.2) is 0 Å². The van der Waals surface area contributed by atoms with Crippen molar-refractivity contribution in [1.82, 2.24) is 0 Å². The third-order valence-corrected chi connectivity index (χ3v) is 2.49. The molecule has 0 aliphatic heterocycles. The number of halogens is 2. The summed E-state index contributed by atoms with van der Waals surface area (Å²) < 4.78 is 28.6. The molecule has 1 aromatic carbocycles. The van der Waals surface area contributed by atoms with E-state index in [0.717, 1.165) is 0 Å². The SMILES string of the molecule is CC(OCC(F)F)C(=O)Nc1cccc(C(N)=S)c1. The van der Waals surface area contributed by atoms with Crippen molar-refractivity contribution >= 4 is 28.8 Å². The molecule has 0 spiro atoms. The number of hydrogen-bond acceptors (Lipinski definition) is 3. The number of anilines is 1. The molecule has 0 aromatic heterocycles. The van der Waals surface area contributed by atoms with Crippen LogP contribution in [0, 0.1) is 0 Å². The number of ether oxygens (including phenoxy) is 1. The average molecular weight is 288 g/mol. The lowest BCUT2D eigenvalue weighted by molar-refractivity contribution is -0.128. The van der Waals surface area contributed by atoms with Crippen molar-refractivity contribution in [1.29, 1.82) is 0 Å². The number of alkyl halides is 2. The first-order valence-electron chi connectivity index (χ1n) is 5.50. The lowest BCUT2D eigenvalue weighted by atomic mass is 10.2. The molecule has 4 nitrogen and oxygen atoms in total. The fourth-order valence-electron chi connectivity index (χ4n) is 1.29. The predicted octanol–water partition coefficient (Wildman–Crippen LogP) is 1.93. The number of carbonyl (C=O) groups excluding carboxylic acids is 1. The molecule has 1 amide bonds. The zero-order valence-electron chi connectivity index (χ0n) is 10.2. The molecule has 3 N–H and O–H groups in total. The van der Waals surface area contributed by atoms with Gasteiger partial charge < -0.3 is 15.8 Å². The molecule has 0 fully saturated rings. The number of carbonyl (C=O) groups is 1. The smallest absolute Gasteiger partial charge is 0.261 e. The molecule has 7 heteroatoms. The molecule has 104 valence electrons. The van der Waals surface area contributed by atoms with Crippen molar-refractivity contribution in [3.8, 4) is 0 Å². The zero-order valence-corrected chi connectivity index (χ0v) is 11.0. The molecule has 0 aliphatic carbocycles. The number of nitrogens with one attached hydrogen (secondary N) is 1. The Hall–Kier alpha value is -1.60. The number of hydrogen-bond donors (Lipinski definition) is 2. The van der Waals surface area contributed by atoms with E-state index < -0.39 is 25.0 Å². The van der Waals surface area contributed by atoms with E-state index in [9.17, 15) is 13.6 Å². The minimum Gasteiger partial charge on any atom is -0.389 e. The van der Waals surface area contributed by atoms with Gasteiger partial charge in [-0.1, -0.05) is 24.4 Å². The van der Waals surface area contributed by atoms with Crippen molar-refractivity contribution in [3.63, 3.8) is 0 Å². The Morgan fingerprint density at radius 3 is 2.79 bits per heavy atom. The van der Waals surface area contributed by atoms with Gasteiger partial charge in [-0.3, -0.25) is 4.79 Å². The summed E-state index contributed by atoms with van der Waals surface area (Å²) in [5.41, 5.74) is 6.55. The number of benzene rings is 1. The third-order valence-electron chi connectivity index (χ3n) is 2.26. The first kappa shape index (κ1) is 15.5. The van der Waals surface area contributed by atoms with Crippen LogP contribution in [-0.2, 0) is 9.53 Å². The lowest BCUT2D eigenvalue weighted by Gasteiger charge is -2.13. The molecule has 1 rings (SSSR count). The van der Waals surface area contributed by atoms with E-state index >= 15 is 0 Å². The maximum Gasteiger partial charge on any atom is 0.261 e. The van der Waals surface area contributed by atoms with Crippen LogP contribution < -0.4 is 11.1 Å². The van der Waals surface area contributed by atoms with E-state index in [0.29, 0.717) is 11.3 Å². The summed E-state index contributed by atoms with van der Waals surface area (Å²) in [6.45, 7) is 0.622. The Labute approximate surface area is 114 Å². The average Bonchev–Trinajstić information content (AvgIpc) is 2.36. The van der Waals surface area contributed by atoms with Crippen LogP contribution in [0.15, 0.2) is 24.3 Å². The highest BCUT2D eigenvalue weighted by Gasteiger charge is 2.16. The topological polar surface area (TPSA) is 64.3 Å².